The Bertz CT molecular complexity index is 943. The topological polar surface area (TPSA) is 67.5 Å². The first-order valence-electron chi connectivity index (χ1n) is 8.48. The molecule has 0 aliphatic carbocycles. The summed E-state index contributed by atoms with van der Waals surface area (Å²) in [4.78, 5) is 16.6. The van der Waals surface area contributed by atoms with Crippen LogP contribution in [0.1, 0.15) is 32.3 Å². The van der Waals surface area contributed by atoms with Crippen LogP contribution in [0.4, 0.5) is 0 Å². The molecule has 128 valence electrons. The molecule has 0 spiro atoms. The van der Waals surface area contributed by atoms with Gasteiger partial charge in [0.1, 0.15) is 5.52 Å². The maximum Gasteiger partial charge on any atom is 0.243 e. The number of nitrogens with one attached hydrogen (secondary N) is 1. The second kappa shape index (κ2) is 6.44. The van der Waals surface area contributed by atoms with Crippen LogP contribution < -0.4 is 5.43 Å². The molecule has 2 atom stereocenters. The summed E-state index contributed by atoms with van der Waals surface area (Å²) in [5.41, 5.74) is 7.08. The van der Waals surface area contributed by atoms with E-state index in [4.69, 9.17) is 4.42 Å². The summed E-state index contributed by atoms with van der Waals surface area (Å²) in [5, 5.41) is 8.34. The highest BCUT2D eigenvalue weighted by molar-refractivity contribution is 7.08. The summed E-state index contributed by atoms with van der Waals surface area (Å²) in [6.07, 6.45) is 1.83. The summed E-state index contributed by atoms with van der Waals surface area (Å²) >= 11 is 1.62. The Hall–Kier alpha value is -2.47. The number of aromatic nitrogens is 1. The Kier molecular flexibility index (Phi) is 4.13. The number of carbonyl (C=O) groups is 1. The lowest BCUT2D eigenvalue weighted by Crippen LogP contribution is -2.40. The number of hydrazone groups is 1. The SMILES string of the molecule is CCC[C@H]1C(=O)NN=C(c2ccc3nc(-c4ccsc4)oc3c2)[C@@H]1C. The lowest BCUT2D eigenvalue weighted by atomic mass is 9.82. The molecule has 0 radical (unpaired) electrons. The van der Waals surface area contributed by atoms with Gasteiger partial charge in [0, 0.05) is 28.3 Å². The second-order valence-electron chi connectivity index (χ2n) is 6.37. The van der Waals surface area contributed by atoms with Crippen LogP contribution in [0.25, 0.3) is 22.6 Å². The fourth-order valence-electron chi connectivity index (χ4n) is 3.33. The van der Waals surface area contributed by atoms with Gasteiger partial charge in [0.05, 0.1) is 5.71 Å². The molecule has 3 heterocycles. The third-order valence-electron chi connectivity index (χ3n) is 4.71. The standard InChI is InChI=1S/C19H19N3O2S/c1-3-4-14-11(2)17(21-22-18(14)23)12-5-6-15-16(9-12)24-19(20-15)13-7-8-25-10-13/h5-11,14H,3-4H2,1-2H3,(H,22,23)/t11-,14-/m1/s1. The van der Waals surface area contributed by atoms with E-state index >= 15 is 0 Å². The van der Waals surface area contributed by atoms with Crippen molar-refractivity contribution in [3.8, 4) is 11.5 Å². The molecule has 1 aliphatic rings. The molecule has 6 heteroatoms. The molecule has 25 heavy (non-hydrogen) atoms. The van der Waals surface area contributed by atoms with E-state index in [1.165, 1.54) is 0 Å². The first kappa shape index (κ1) is 16.0. The predicted octanol–water partition coefficient (Wildman–Crippen LogP) is 4.44. The van der Waals surface area contributed by atoms with Gasteiger partial charge in [-0.05, 0) is 30.0 Å². The lowest BCUT2D eigenvalue weighted by molar-refractivity contribution is -0.126. The van der Waals surface area contributed by atoms with Crippen molar-refractivity contribution in [2.75, 3.05) is 0 Å². The number of nitrogens with zero attached hydrogens (tertiary/aromatic N) is 2. The Labute approximate surface area is 149 Å². The molecule has 1 N–H and O–H groups in total. The number of rotatable bonds is 4. The first-order chi connectivity index (χ1) is 12.2. The number of thiophene rings is 1. The molecule has 2 aromatic heterocycles. The molecule has 4 rings (SSSR count). The predicted molar refractivity (Wildman–Crippen MR) is 99.6 cm³/mol. The number of carbonyl (C=O) groups excluding carboxylic acids is 1. The van der Waals surface area contributed by atoms with Crippen molar-refractivity contribution in [3.63, 3.8) is 0 Å². The molecule has 0 saturated carbocycles. The second-order valence-corrected chi connectivity index (χ2v) is 7.15. The number of amides is 1. The fraction of sp³-hybridized carbons (Fsp3) is 0.316. The molecular weight excluding hydrogens is 334 g/mol. The van der Waals surface area contributed by atoms with Gasteiger partial charge in [-0.25, -0.2) is 10.4 Å². The minimum Gasteiger partial charge on any atom is -0.436 e. The van der Waals surface area contributed by atoms with Gasteiger partial charge in [0.2, 0.25) is 11.8 Å². The Balaban J connectivity index is 1.70. The number of oxazole rings is 1. The van der Waals surface area contributed by atoms with E-state index in [1.54, 1.807) is 11.3 Å². The zero-order chi connectivity index (χ0) is 17.4. The highest BCUT2D eigenvalue weighted by atomic mass is 32.1. The molecule has 0 bridgehead atoms. The monoisotopic (exact) mass is 353 g/mol. The zero-order valence-electron chi connectivity index (χ0n) is 14.2. The van der Waals surface area contributed by atoms with Crippen LogP contribution in [0.5, 0.6) is 0 Å². The molecular formula is C19H19N3O2S. The summed E-state index contributed by atoms with van der Waals surface area (Å²) < 4.78 is 5.93. The van der Waals surface area contributed by atoms with Crippen LogP contribution in [-0.4, -0.2) is 16.6 Å². The highest BCUT2D eigenvalue weighted by Gasteiger charge is 2.32. The molecule has 1 aromatic carbocycles. The molecule has 3 aromatic rings. The van der Waals surface area contributed by atoms with E-state index in [9.17, 15) is 4.79 Å². The molecule has 0 saturated heterocycles. The minimum absolute atomic E-state index is 0.0126. The highest BCUT2D eigenvalue weighted by Crippen LogP contribution is 2.29. The van der Waals surface area contributed by atoms with Crippen LogP contribution in [0.3, 0.4) is 0 Å². The molecule has 5 nitrogen and oxygen atoms in total. The Morgan fingerprint density at radius 2 is 2.16 bits per heavy atom. The van der Waals surface area contributed by atoms with Crippen LogP contribution in [0.2, 0.25) is 0 Å². The van der Waals surface area contributed by atoms with Crippen LogP contribution in [-0.2, 0) is 4.79 Å². The number of fused-ring (bicyclic) bond motifs is 1. The van der Waals surface area contributed by atoms with Crippen molar-refractivity contribution in [1.29, 1.82) is 0 Å². The molecule has 1 aliphatic heterocycles. The van der Waals surface area contributed by atoms with E-state index in [2.05, 4.69) is 29.4 Å². The van der Waals surface area contributed by atoms with E-state index in [-0.39, 0.29) is 17.7 Å². The Morgan fingerprint density at radius 1 is 1.28 bits per heavy atom. The van der Waals surface area contributed by atoms with Crippen molar-refractivity contribution in [3.05, 3.63) is 40.6 Å². The van der Waals surface area contributed by atoms with Gasteiger partial charge < -0.3 is 4.42 Å². The number of hydrogen-bond acceptors (Lipinski definition) is 5. The van der Waals surface area contributed by atoms with E-state index in [0.717, 1.165) is 40.8 Å². The molecule has 0 fully saturated rings. The molecule has 0 unspecified atom stereocenters. The largest absolute Gasteiger partial charge is 0.436 e. The van der Waals surface area contributed by atoms with Crippen LogP contribution in [0, 0.1) is 11.8 Å². The zero-order valence-corrected chi connectivity index (χ0v) is 15.0. The average molecular weight is 353 g/mol. The van der Waals surface area contributed by atoms with E-state index in [0.29, 0.717) is 5.89 Å². The molecule has 1 amide bonds. The minimum atomic E-state index is -0.0377. The maximum atomic E-state index is 12.1. The lowest BCUT2D eigenvalue weighted by Gasteiger charge is -2.27. The number of hydrogen-bond donors (Lipinski definition) is 1. The van der Waals surface area contributed by atoms with Gasteiger partial charge in [-0.1, -0.05) is 26.3 Å². The van der Waals surface area contributed by atoms with Gasteiger partial charge >= 0.3 is 0 Å². The van der Waals surface area contributed by atoms with Crippen molar-refractivity contribution in [2.24, 2.45) is 16.9 Å². The Morgan fingerprint density at radius 3 is 2.92 bits per heavy atom. The average Bonchev–Trinajstić information content (AvgIpc) is 3.26. The summed E-state index contributed by atoms with van der Waals surface area (Å²) in [6.45, 7) is 4.16. The van der Waals surface area contributed by atoms with Crippen molar-refractivity contribution < 1.29 is 9.21 Å². The third kappa shape index (κ3) is 2.87. The van der Waals surface area contributed by atoms with Crippen molar-refractivity contribution in [2.45, 2.75) is 26.7 Å². The smallest absolute Gasteiger partial charge is 0.243 e. The summed E-state index contributed by atoms with van der Waals surface area (Å²) in [7, 11) is 0. The first-order valence-corrected chi connectivity index (χ1v) is 9.42. The normalized spacial score (nSPS) is 20.6. The number of benzene rings is 1. The van der Waals surface area contributed by atoms with E-state index < -0.39 is 0 Å². The van der Waals surface area contributed by atoms with Gasteiger partial charge in [0.25, 0.3) is 0 Å². The maximum absolute atomic E-state index is 12.1. The third-order valence-corrected chi connectivity index (χ3v) is 5.39. The summed E-state index contributed by atoms with van der Waals surface area (Å²) in [6, 6.07) is 7.91. The van der Waals surface area contributed by atoms with Crippen molar-refractivity contribution in [1.82, 2.24) is 10.4 Å². The quantitative estimate of drug-likeness (QED) is 0.754. The van der Waals surface area contributed by atoms with Gasteiger partial charge in [-0.2, -0.15) is 16.4 Å². The van der Waals surface area contributed by atoms with Gasteiger partial charge in [0.15, 0.2) is 5.58 Å². The van der Waals surface area contributed by atoms with Crippen LogP contribution in [0.15, 0.2) is 44.5 Å². The fourth-order valence-corrected chi connectivity index (χ4v) is 3.96. The van der Waals surface area contributed by atoms with Crippen LogP contribution >= 0.6 is 11.3 Å². The van der Waals surface area contributed by atoms with E-state index in [1.807, 2.05) is 35.0 Å². The van der Waals surface area contributed by atoms with Gasteiger partial charge in [-0.3, -0.25) is 4.79 Å². The van der Waals surface area contributed by atoms with Gasteiger partial charge in [-0.15, -0.1) is 0 Å². The van der Waals surface area contributed by atoms with Crippen molar-refractivity contribution >= 4 is 34.1 Å². The summed E-state index contributed by atoms with van der Waals surface area (Å²) in [5.74, 6) is 0.678.